The summed E-state index contributed by atoms with van der Waals surface area (Å²) in [5.41, 5.74) is 1.71. The van der Waals surface area contributed by atoms with Crippen LogP contribution in [0.4, 0.5) is 11.6 Å². The zero-order chi connectivity index (χ0) is 21.5. The van der Waals surface area contributed by atoms with Crippen molar-refractivity contribution in [2.45, 2.75) is 13.0 Å². The zero-order valence-electron chi connectivity index (χ0n) is 17.7. The van der Waals surface area contributed by atoms with Gasteiger partial charge in [0.15, 0.2) is 6.04 Å². The van der Waals surface area contributed by atoms with Crippen LogP contribution in [-0.4, -0.2) is 48.7 Å². The molecule has 1 fully saturated rings. The first-order valence-electron chi connectivity index (χ1n) is 10.7. The molecule has 160 valence electrons. The van der Waals surface area contributed by atoms with Gasteiger partial charge in [0, 0.05) is 18.0 Å². The maximum Gasteiger partial charge on any atom is 0.287 e. The Bertz CT molecular complexity index is 976. The summed E-state index contributed by atoms with van der Waals surface area (Å²) in [6.07, 6.45) is 3.52. The number of anilines is 2. The number of amides is 1. The number of carbonyl (C=O) groups excluding carboxylic acids is 1. The smallest absolute Gasteiger partial charge is 0.287 e. The molecule has 0 radical (unpaired) electrons. The van der Waals surface area contributed by atoms with Crippen LogP contribution in [0.1, 0.15) is 18.5 Å². The van der Waals surface area contributed by atoms with Crippen molar-refractivity contribution in [3.05, 3.63) is 78.6 Å². The zero-order valence-corrected chi connectivity index (χ0v) is 17.7. The molecule has 0 spiro atoms. The number of rotatable bonds is 7. The van der Waals surface area contributed by atoms with E-state index in [-0.39, 0.29) is 11.9 Å². The highest BCUT2D eigenvalue weighted by Gasteiger charge is 2.35. The Labute approximate surface area is 182 Å². The van der Waals surface area contributed by atoms with Crippen LogP contribution in [0, 0.1) is 0 Å². The molecule has 1 aliphatic rings. The number of piperazine rings is 1. The number of para-hydroxylation sites is 2. The molecule has 2 aromatic carbocycles. The first-order chi connectivity index (χ1) is 15.3. The predicted molar refractivity (Wildman–Crippen MR) is 120 cm³/mol. The van der Waals surface area contributed by atoms with Gasteiger partial charge < -0.3 is 19.9 Å². The maximum atomic E-state index is 13.5. The topological polar surface area (TPSA) is 71.8 Å². The van der Waals surface area contributed by atoms with Gasteiger partial charge in [0.1, 0.15) is 5.75 Å². The van der Waals surface area contributed by atoms with Gasteiger partial charge >= 0.3 is 0 Å². The normalized spacial score (nSPS) is 15.3. The van der Waals surface area contributed by atoms with E-state index in [2.05, 4.69) is 20.2 Å². The van der Waals surface area contributed by atoms with Crippen LogP contribution in [0.2, 0.25) is 0 Å². The van der Waals surface area contributed by atoms with E-state index < -0.39 is 0 Å². The summed E-state index contributed by atoms with van der Waals surface area (Å²) < 4.78 is 5.69. The summed E-state index contributed by atoms with van der Waals surface area (Å²) in [4.78, 5) is 25.6. The Morgan fingerprint density at radius 1 is 1.03 bits per heavy atom. The van der Waals surface area contributed by atoms with E-state index in [4.69, 9.17) is 4.74 Å². The highest BCUT2D eigenvalue weighted by Crippen LogP contribution is 2.25. The molecule has 0 bridgehead atoms. The largest absolute Gasteiger partial charge is 0.492 e. The van der Waals surface area contributed by atoms with E-state index in [9.17, 15) is 4.79 Å². The van der Waals surface area contributed by atoms with Crippen LogP contribution >= 0.6 is 0 Å². The lowest BCUT2D eigenvalue weighted by Crippen LogP contribution is -3.16. The van der Waals surface area contributed by atoms with Gasteiger partial charge in [-0.05, 0) is 25.1 Å². The van der Waals surface area contributed by atoms with Crippen molar-refractivity contribution in [1.82, 2.24) is 9.97 Å². The van der Waals surface area contributed by atoms with Gasteiger partial charge in [-0.25, -0.2) is 9.97 Å². The Hall–Kier alpha value is -3.45. The molecule has 4 rings (SSSR count). The van der Waals surface area contributed by atoms with Crippen molar-refractivity contribution in [3.8, 4) is 5.75 Å². The minimum absolute atomic E-state index is 0.0298. The molecular formula is C24H28N5O2+. The third-order valence-corrected chi connectivity index (χ3v) is 5.49. The highest BCUT2D eigenvalue weighted by molar-refractivity contribution is 5.95. The fourth-order valence-electron chi connectivity index (χ4n) is 4.01. The average Bonchev–Trinajstić information content (AvgIpc) is 2.82. The molecule has 1 aromatic heterocycles. The van der Waals surface area contributed by atoms with Gasteiger partial charge in [-0.15, -0.1) is 0 Å². The van der Waals surface area contributed by atoms with Gasteiger partial charge in [0.25, 0.3) is 5.91 Å². The minimum atomic E-state index is -0.310. The number of hydrogen-bond donors (Lipinski definition) is 2. The minimum Gasteiger partial charge on any atom is -0.492 e. The fourth-order valence-corrected chi connectivity index (χ4v) is 4.01. The number of quaternary nitrogens is 1. The fraction of sp³-hybridized carbons (Fsp3) is 0.292. The quantitative estimate of drug-likeness (QED) is 0.614. The molecule has 2 heterocycles. The summed E-state index contributed by atoms with van der Waals surface area (Å²) in [5, 5.41) is 3.11. The van der Waals surface area contributed by atoms with Crippen molar-refractivity contribution in [2.75, 3.05) is 43.0 Å². The van der Waals surface area contributed by atoms with E-state index in [1.165, 1.54) is 4.90 Å². The van der Waals surface area contributed by atoms with Crippen LogP contribution in [0.5, 0.6) is 5.75 Å². The van der Waals surface area contributed by atoms with Crippen LogP contribution in [0.3, 0.4) is 0 Å². The first-order valence-corrected chi connectivity index (χ1v) is 10.7. The number of nitrogens with zero attached hydrogens (tertiary/aromatic N) is 3. The molecule has 1 amide bonds. The maximum absolute atomic E-state index is 13.5. The Kier molecular flexibility index (Phi) is 6.74. The molecule has 1 aliphatic heterocycles. The Morgan fingerprint density at radius 2 is 1.71 bits per heavy atom. The molecule has 1 saturated heterocycles. The Balaban J connectivity index is 1.53. The second-order valence-electron chi connectivity index (χ2n) is 7.46. The van der Waals surface area contributed by atoms with E-state index >= 15 is 0 Å². The molecular weight excluding hydrogens is 390 g/mol. The van der Waals surface area contributed by atoms with E-state index in [1.807, 2.05) is 67.6 Å². The highest BCUT2D eigenvalue weighted by atomic mass is 16.5. The van der Waals surface area contributed by atoms with E-state index in [0.717, 1.165) is 37.7 Å². The van der Waals surface area contributed by atoms with Crippen LogP contribution in [0.15, 0.2) is 73.1 Å². The lowest BCUT2D eigenvalue weighted by Gasteiger charge is -2.36. The summed E-state index contributed by atoms with van der Waals surface area (Å²) in [6.45, 7) is 5.71. The van der Waals surface area contributed by atoms with Gasteiger partial charge in [-0.3, -0.25) is 4.79 Å². The standard InChI is InChI=1S/C24H27N5O2/c1-2-31-21-12-7-6-11-20(21)27-23(30)22(19-9-4-3-5-10-19)28-15-17-29(18-16-28)24-25-13-8-14-26-24/h3-14,22H,2,15-18H2,1H3,(H,27,30)/p+1/t22-/m1/s1. The second kappa shape index (κ2) is 10.0. The molecule has 2 N–H and O–H groups in total. The molecule has 0 unspecified atom stereocenters. The van der Waals surface area contributed by atoms with Gasteiger partial charge in [0.2, 0.25) is 5.95 Å². The monoisotopic (exact) mass is 418 g/mol. The summed E-state index contributed by atoms with van der Waals surface area (Å²) in [7, 11) is 0. The van der Waals surface area contributed by atoms with Crippen molar-refractivity contribution in [1.29, 1.82) is 0 Å². The summed E-state index contributed by atoms with van der Waals surface area (Å²) in [5.74, 6) is 1.40. The number of ether oxygens (including phenoxy) is 1. The number of benzene rings is 2. The molecule has 0 saturated carbocycles. The number of aromatic nitrogens is 2. The average molecular weight is 419 g/mol. The first kappa shape index (κ1) is 20.8. The molecule has 7 nitrogen and oxygen atoms in total. The van der Waals surface area contributed by atoms with E-state index in [0.29, 0.717) is 18.0 Å². The molecule has 1 atom stereocenters. The van der Waals surface area contributed by atoms with Crippen molar-refractivity contribution < 1.29 is 14.4 Å². The second-order valence-corrected chi connectivity index (χ2v) is 7.46. The lowest BCUT2D eigenvalue weighted by atomic mass is 10.0. The number of nitrogens with one attached hydrogen (secondary N) is 2. The predicted octanol–water partition coefficient (Wildman–Crippen LogP) is 1.96. The Morgan fingerprint density at radius 3 is 2.42 bits per heavy atom. The van der Waals surface area contributed by atoms with Gasteiger partial charge in [-0.2, -0.15) is 0 Å². The third-order valence-electron chi connectivity index (χ3n) is 5.49. The van der Waals surface area contributed by atoms with Gasteiger partial charge in [0.05, 0.1) is 38.5 Å². The molecule has 0 aliphatic carbocycles. The molecule has 31 heavy (non-hydrogen) atoms. The van der Waals surface area contributed by atoms with E-state index in [1.54, 1.807) is 12.4 Å². The van der Waals surface area contributed by atoms with Crippen molar-refractivity contribution in [3.63, 3.8) is 0 Å². The lowest BCUT2D eigenvalue weighted by molar-refractivity contribution is -0.922. The van der Waals surface area contributed by atoms with Crippen LogP contribution in [0.25, 0.3) is 0 Å². The molecule has 7 heteroatoms. The number of hydrogen-bond acceptors (Lipinski definition) is 5. The molecule has 3 aromatic rings. The SMILES string of the molecule is CCOc1ccccc1NC(=O)[C@@H](c1ccccc1)[NH+]1CCN(c2ncccn2)CC1. The summed E-state index contributed by atoms with van der Waals surface area (Å²) in [6, 6.07) is 19.1. The third kappa shape index (κ3) is 5.00. The van der Waals surface area contributed by atoms with Crippen molar-refractivity contribution in [2.24, 2.45) is 0 Å². The van der Waals surface area contributed by atoms with Gasteiger partial charge in [-0.1, -0.05) is 42.5 Å². The van der Waals surface area contributed by atoms with Crippen molar-refractivity contribution >= 4 is 17.5 Å². The van der Waals surface area contributed by atoms with Crippen LogP contribution in [-0.2, 0) is 4.79 Å². The number of carbonyl (C=O) groups is 1. The van der Waals surface area contributed by atoms with Crippen LogP contribution < -0.4 is 19.9 Å². The summed E-state index contributed by atoms with van der Waals surface area (Å²) >= 11 is 0.